The van der Waals surface area contributed by atoms with Gasteiger partial charge in [0, 0.05) is 66.3 Å². The summed E-state index contributed by atoms with van der Waals surface area (Å²) in [7, 11) is 0. The third-order valence-corrected chi connectivity index (χ3v) is 12.3. The molecule has 4 aliphatic rings. The van der Waals surface area contributed by atoms with E-state index in [1.807, 2.05) is 0 Å². The minimum absolute atomic E-state index is 0. The minimum atomic E-state index is 0. The van der Waals surface area contributed by atoms with Crippen molar-refractivity contribution in [1.29, 1.82) is 0 Å². The topological polar surface area (TPSA) is 55.6 Å². The Morgan fingerprint density at radius 2 is 0.900 bits per heavy atom. The highest BCUT2D eigenvalue weighted by Crippen LogP contribution is 2.38. The van der Waals surface area contributed by atoms with Crippen LogP contribution in [-0.4, -0.2) is 22.1 Å². The van der Waals surface area contributed by atoms with Crippen LogP contribution in [0.25, 0.3) is 21.8 Å². The summed E-state index contributed by atoms with van der Waals surface area (Å²) in [6.07, 6.45) is 12.0. The molecule has 8 heteroatoms. The molecule has 4 aromatic carbocycles. The Labute approximate surface area is 324 Å². The standard InChI is InChI=1S/2C21H21BrN2.2ClH/c2*22-15-8-9-19-18(12-15)17-6-3-7-20(21(17)24-19)23-16-10-13-4-1-2-5-14(13)11-16;;/h2*1-2,4-5,8-9,12,16,20,23-24H,3,6-7,10-11H2;2*1H/t2*20-;;/m10../s1. The minimum Gasteiger partial charge on any atom is -0.357 e. The molecule has 0 spiro atoms. The van der Waals surface area contributed by atoms with Crippen LogP contribution in [-0.2, 0) is 38.5 Å². The molecule has 10 rings (SSSR count). The molecule has 4 nitrogen and oxygen atoms in total. The summed E-state index contributed by atoms with van der Waals surface area (Å²) in [4.78, 5) is 7.41. The van der Waals surface area contributed by atoms with Crippen LogP contribution in [0, 0.1) is 0 Å². The molecule has 2 heterocycles. The summed E-state index contributed by atoms with van der Waals surface area (Å²) in [5.41, 5.74) is 14.5. The first-order valence-corrected chi connectivity index (χ1v) is 19.4. The van der Waals surface area contributed by atoms with Gasteiger partial charge in [0.05, 0.1) is 0 Å². The normalized spacial score (nSPS) is 19.5. The van der Waals surface area contributed by atoms with Gasteiger partial charge in [-0.2, -0.15) is 0 Å². The summed E-state index contributed by atoms with van der Waals surface area (Å²) in [5, 5.41) is 10.7. The van der Waals surface area contributed by atoms with E-state index in [0.29, 0.717) is 24.2 Å². The third kappa shape index (κ3) is 6.97. The maximum atomic E-state index is 3.95. The van der Waals surface area contributed by atoms with Gasteiger partial charge in [0.25, 0.3) is 0 Å². The lowest BCUT2D eigenvalue weighted by atomic mass is 9.91. The van der Waals surface area contributed by atoms with E-state index in [0.717, 1.165) is 34.6 Å². The molecule has 0 amide bonds. The van der Waals surface area contributed by atoms with Crippen LogP contribution in [0.3, 0.4) is 0 Å². The van der Waals surface area contributed by atoms with Crippen LogP contribution in [0.15, 0.2) is 93.9 Å². The molecule has 6 aromatic rings. The number of rotatable bonds is 4. The molecular weight excluding hydrogens is 791 g/mol. The number of aromatic nitrogens is 2. The predicted octanol–water partition coefficient (Wildman–Crippen LogP) is 11.0. The lowest BCUT2D eigenvalue weighted by Gasteiger charge is -2.27. The van der Waals surface area contributed by atoms with Crippen LogP contribution in [0.4, 0.5) is 0 Å². The van der Waals surface area contributed by atoms with E-state index in [1.54, 1.807) is 0 Å². The number of aromatic amines is 2. The lowest BCUT2D eigenvalue weighted by Crippen LogP contribution is -2.35. The second kappa shape index (κ2) is 15.2. The van der Waals surface area contributed by atoms with Crippen molar-refractivity contribution in [2.24, 2.45) is 0 Å². The zero-order valence-electron chi connectivity index (χ0n) is 28.0. The Kier molecular flexibility index (Phi) is 10.9. The molecule has 0 aliphatic heterocycles. The summed E-state index contributed by atoms with van der Waals surface area (Å²) in [6.45, 7) is 0. The van der Waals surface area contributed by atoms with Crippen molar-refractivity contribution in [2.75, 3.05) is 0 Å². The molecule has 4 N–H and O–H groups in total. The highest BCUT2D eigenvalue weighted by Gasteiger charge is 2.30. The summed E-state index contributed by atoms with van der Waals surface area (Å²) >= 11 is 7.24. The van der Waals surface area contributed by atoms with Gasteiger partial charge >= 0.3 is 0 Å². The van der Waals surface area contributed by atoms with Gasteiger partial charge < -0.3 is 20.6 Å². The zero-order valence-corrected chi connectivity index (χ0v) is 32.8. The van der Waals surface area contributed by atoms with Crippen LogP contribution in [0.1, 0.15) is 82.5 Å². The highest BCUT2D eigenvalue weighted by atomic mass is 79.9. The Morgan fingerprint density at radius 1 is 0.520 bits per heavy atom. The van der Waals surface area contributed by atoms with Gasteiger partial charge in [-0.15, -0.1) is 24.8 Å². The van der Waals surface area contributed by atoms with E-state index >= 15 is 0 Å². The Bertz CT molecular complexity index is 1940. The maximum Gasteiger partial charge on any atom is 0.0478 e. The fraction of sp³-hybridized carbons (Fsp3) is 0.333. The SMILES string of the molecule is Brc1ccc2[nH]c3c(c2c1)CCC[C@@H]3NC1Cc2ccccc2C1.Brc1ccc2[nH]c3c(c2c1)CCC[C@H]3NC1Cc2ccccc2C1.Cl.Cl. The van der Waals surface area contributed by atoms with Crippen LogP contribution < -0.4 is 10.6 Å². The average Bonchev–Trinajstić information content (AvgIpc) is 3.88. The quantitative estimate of drug-likeness (QED) is 0.143. The van der Waals surface area contributed by atoms with Gasteiger partial charge in [-0.25, -0.2) is 0 Å². The van der Waals surface area contributed by atoms with E-state index in [9.17, 15) is 0 Å². The third-order valence-electron chi connectivity index (χ3n) is 11.3. The Hall–Kier alpha value is -2.58. The number of fused-ring (bicyclic) bond motifs is 8. The second-order valence-electron chi connectivity index (χ2n) is 14.4. The molecule has 260 valence electrons. The molecule has 0 saturated carbocycles. The van der Waals surface area contributed by atoms with Gasteiger partial charge in [0.2, 0.25) is 0 Å². The molecule has 2 aromatic heterocycles. The number of benzene rings is 4. The first-order valence-electron chi connectivity index (χ1n) is 17.8. The largest absolute Gasteiger partial charge is 0.357 e. The molecule has 2 atom stereocenters. The monoisotopic (exact) mass is 832 g/mol. The fourth-order valence-electron chi connectivity index (χ4n) is 9.13. The number of H-pyrrole nitrogens is 2. The lowest BCUT2D eigenvalue weighted by molar-refractivity contribution is 0.396. The van der Waals surface area contributed by atoms with Gasteiger partial charge in [0.1, 0.15) is 0 Å². The van der Waals surface area contributed by atoms with Crippen molar-refractivity contribution in [3.8, 4) is 0 Å². The molecule has 0 fully saturated rings. The first kappa shape index (κ1) is 35.8. The first-order chi connectivity index (χ1) is 23.6. The van der Waals surface area contributed by atoms with Gasteiger partial charge in [-0.3, -0.25) is 0 Å². The summed E-state index contributed by atoms with van der Waals surface area (Å²) in [6, 6.07) is 33.0. The van der Waals surface area contributed by atoms with E-state index in [-0.39, 0.29) is 24.8 Å². The molecule has 50 heavy (non-hydrogen) atoms. The van der Waals surface area contributed by atoms with Crippen molar-refractivity contribution in [3.63, 3.8) is 0 Å². The van der Waals surface area contributed by atoms with Gasteiger partial charge in [-0.1, -0.05) is 80.4 Å². The number of aryl methyl sites for hydroxylation is 2. The van der Waals surface area contributed by atoms with Gasteiger partial charge in [0.15, 0.2) is 0 Å². The van der Waals surface area contributed by atoms with Crippen molar-refractivity contribution in [2.45, 2.75) is 88.4 Å². The zero-order chi connectivity index (χ0) is 32.2. The van der Waals surface area contributed by atoms with E-state index in [1.165, 1.54) is 105 Å². The van der Waals surface area contributed by atoms with Gasteiger partial charge in [-0.05, 0) is 134 Å². The Morgan fingerprint density at radius 3 is 1.28 bits per heavy atom. The molecular formula is C42H44Br2Cl2N4. The Balaban J connectivity index is 0.000000151. The number of halogens is 4. The second-order valence-corrected chi connectivity index (χ2v) is 16.2. The fourth-order valence-corrected chi connectivity index (χ4v) is 9.85. The molecule has 0 radical (unpaired) electrons. The smallest absolute Gasteiger partial charge is 0.0478 e. The van der Waals surface area contributed by atoms with Crippen molar-refractivity contribution < 1.29 is 0 Å². The van der Waals surface area contributed by atoms with Crippen molar-refractivity contribution >= 4 is 78.5 Å². The summed E-state index contributed by atoms with van der Waals surface area (Å²) in [5.74, 6) is 0. The van der Waals surface area contributed by atoms with Crippen LogP contribution in [0.5, 0.6) is 0 Å². The molecule has 4 aliphatic carbocycles. The predicted molar refractivity (Wildman–Crippen MR) is 219 cm³/mol. The van der Waals surface area contributed by atoms with Crippen LogP contribution >= 0.6 is 56.7 Å². The average molecular weight is 836 g/mol. The van der Waals surface area contributed by atoms with E-state index in [2.05, 4.69) is 137 Å². The number of nitrogens with one attached hydrogen (secondary N) is 4. The molecule has 0 bridgehead atoms. The summed E-state index contributed by atoms with van der Waals surface area (Å²) < 4.78 is 2.33. The molecule has 0 saturated heterocycles. The highest BCUT2D eigenvalue weighted by molar-refractivity contribution is 9.10. The van der Waals surface area contributed by atoms with Crippen molar-refractivity contribution in [1.82, 2.24) is 20.6 Å². The molecule has 0 unspecified atom stereocenters. The van der Waals surface area contributed by atoms with E-state index < -0.39 is 0 Å². The number of hydrogen-bond acceptors (Lipinski definition) is 2. The van der Waals surface area contributed by atoms with E-state index in [4.69, 9.17) is 0 Å². The number of hydrogen-bond donors (Lipinski definition) is 4. The van der Waals surface area contributed by atoms with Crippen molar-refractivity contribution in [3.05, 3.63) is 139 Å². The van der Waals surface area contributed by atoms with Crippen LogP contribution in [0.2, 0.25) is 0 Å². The maximum absolute atomic E-state index is 3.95.